The molecule has 2 aromatic carbocycles. The summed E-state index contributed by atoms with van der Waals surface area (Å²) in [6.07, 6.45) is 0.882. The van der Waals surface area contributed by atoms with E-state index in [1.54, 1.807) is 25.1 Å². The maximum atomic E-state index is 13.7. The number of methoxy groups -OCH3 is 2. The lowest BCUT2D eigenvalue weighted by Crippen LogP contribution is -2.48. The average molecular weight is 442 g/mol. The number of nitrogens with zero attached hydrogens (tertiary/aromatic N) is 1. The van der Waals surface area contributed by atoms with E-state index in [4.69, 9.17) is 9.47 Å². The number of rotatable bonds is 8. The molecule has 0 aliphatic heterocycles. The molecule has 0 aliphatic rings. The smallest absolute Gasteiger partial charge is 0.244 e. The first-order valence-corrected chi connectivity index (χ1v) is 10.8. The number of hydrogen-bond acceptors (Lipinski definition) is 5. The van der Waals surface area contributed by atoms with Gasteiger partial charge in [0.2, 0.25) is 15.9 Å². The van der Waals surface area contributed by atoms with Crippen molar-refractivity contribution in [1.29, 1.82) is 0 Å². The fourth-order valence-electron chi connectivity index (χ4n) is 3.02. The minimum Gasteiger partial charge on any atom is -0.497 e. The summed E-state index contributed by atoms with van der Waals surface area (Å²) in [7, 11) is -0.991. The highest BCUT2D eigenvalue weighted by molar-refractivity contribution is 7.92. The lowest BCUT2D eigenvalue weighted by Gasteiger charge is -2.29. The minimum atomic E-state index is -3.98. The Morgan fingerprint density at radius 3 is 2.23 bits per heavy atom. The van der Waals surface area contributed by atoms with Crippen LogP contribution in [0.3, 0.4) is 0 Å². The Morgan fingerprint density at radius 1 is 1.03 bits per heavy atom. The molecular weight excluding hydrogens is 418 g/mol. The fraction of sp³-hybridized carbons (Fsp3) is 0.350. The molecule has 0 spiro atoms. The number of benzene rings is 2. The Hall–Kier alpha value is -2.88. The molecule has 164 valence electrons. The van der Waals surface area contributed by atoms with Gasteiger partial charge in [-0.25, -0.2) is 17.2 Å². The van der Waals surface area contributed by atoms with Crippen LogP contribution in [0.2, 0.25) is 0 Å². The van der Waals surface area contributed by atoms with Crippen molar-refractivity contribution < 1.29 is 31.5 Å². The van der Waals surface area contributed by atoms with Crippen LogP contribution in [0.5, 0.6) is 11.5 Å². The van der Waals surface area contributed by atoms with Crippen molar-refractivity contribution in [1.82, 2.24) is 5.32 Å². The number of ether oxygens (including phenoxy) is 2. The van der Waals surface area contributed by atoms with Crippen LogP contribution in [0.25, 0.3) is 0 Å². The van der Waals surface area contributed by atoms with Gasteiger partial charge in [-0.3, -0.25) is 9.10 Å². The number of sulfonamides is 1. The summed E-state index contributed by atoms with van der Waals surface area (Å²) in [6, 6.07) is 5.92. The van der Waals surface area contributed by atoms with Crippen LogP contribution in [0.15, 0.2) is 36.4 Å². The van der Waals surface area contributed by atoms with Gasteiger partial charge in [0.15, 0.2) is 11.6 Å². The molecule has 0 unspecified atom stereocenters. The quantitative estimate of drug-likeness (QED) is 0.679. The molecule has 0 aromatic heterocycles. The highest BCUT2D eigenvalue weighted by Crippen LogP contribution is 2.30. The Balaban J connectivity index is 2.33. The van der Waals surface area contributed by atoms with Crippen molar-refractivity contribution >= 4 is 21.6 Å². The third-order valence-electron chi connectivity index (χ3n) is 4.51. The third-order valence-corrected chi connectivity index (χ3v) is 5.75. The van der Waals surface area contributed by atoms with Gasteiger partial charge in [0, 0.05) is 11.6 Å². The number of carbonyl (C=O) groups excluding carboxylic acids is 1. The summed E-state index contributed by atoms with van der Waals surface area (Å²) in [6.45, 7) is 3.05. The SMILES string of the molecule is COc1ccc(OC)c([C@H](C)NC(=O)[C@H](C)N(c2ccc(F)c(F)c2)S(C)(=O)=O)c1. The average Bonchev–Trinajstić information content (AvgIpc) is 2.68. The summed E-state index contributed by atoms with van der Waals surface area (Å²) in [5, 5.41) is 2.72. The van der Waals surface area contributed by atoms with Crippen LogP contribution >= 0.6 is 0 Å². The Kier molecular flexibility index (Phi) is 7.25. The first-order valence-electron chi connectivity index (χ1n) is 8.96. The molecule has 0 aliphatic carbocycles. The van der Waals surface area contributed by atoms with E-state index >= 15 is 0 Å². The van der Waals surface area contributed by atoms with Crippen molar-refractivity contribution in [2.24, 2.45) is 0 Å². The normalized spacial score (nSPS) is 13.3. The zero-order valence-electron chi connectivity index (χ0n) is 17.3. The molecule has 0 radical (unpaired) electrons. The van der Waals surface area contributed by atoms with Crippen LogP contribution in [-0.2, 0) is 14.8 Å². The molecule has 0 saturated heterocycles. The summed E-state index contributed by atoms with van der Waals surface area (Å²) in [4.78, 5) is 12.8. The van der Waals surface area contributed by atoms with Crippen LogP contribution < -0.4 is 19.1 Å². The fourth-order valence-corrected chi connectivity index (χ4v) is 4.19. The highest BCUT2D eigenvalue weighted by Gasteiger charge is 2.31. The predicted molar refractivity (Wildman–Crippen MR) is 109 cm³/mol. The highest BCUT2D eigenvalue weighted by atomic mass is 32.2. The molecule has 10 heteroatoms. The van der Waals surface area contributed by atoms with Gasteiger partial charge in [-0.1, -0.05) is 0 Å². The van der Waals surface area contributed by atoms with Crippen molar-refractivity contribution in [3.63, 3.8) is 0 Å². The van der Waals surface area contributed by atoms with Crippen LogP contribution in [0.4, 0.5) is 14.5 Å². The Morgan fingerprint density at radius 2 is 1.70 bits per heavy atom. The van der Waals surface area contributed by atoms with E-state index in [9.17, 15) is 22.0 Å². The summed E-state index contributed by atoms with van der Waals surface area (Å²) >= 11 is 0. The minimum absolute atomic E-state index is 0.161. The van der Waals surface area contributed by atoms with Gasteiger partial charge in [-0.05, 0) is 44.2 Å². The summed E-state index contributed by atoms with van der Waals surface area (Å²) in [5.74, 6) is -1.91. The Labute approximate surface area is 174 Å². The van der Waals surface area contributed by atoms with Gasteiger partial charge in [-0.15, -0.1) is 0 Å². The monoisotopic (exact) mass is 442 g/mol. The second kappa shape index (κ2) is 9.29. The van der Waals surface area contributed by atoms with Crippen LogP contribution in [-0.4, -0.2) is 40.8 Å². The second-order valence-electron chi connectivity index (χ2n) is 6.67. The van der Waals surface area contributed by atoms with E-state index in [-0.39, 0.29) is 5.69 Å². The van der Waals surface area contributed by atoms with Crippen molar-refractivity contribution in [3.8, 4) is 11.5 Å². The predicted octanol–water partition coefficient (Wildman–Crippen LogP) is 3.01. The van der Waals surface area contributed by atoms with E-state index < -0.39 is 39.6 Å². The second-order valence-corrected chi connectivity index (χ2v) is 8.53. The number of anilines is 1. The lowest BCUT2D eigenvalue weighted by molar-refractivity contribution is -0.122. The first kappa shape index (κ1) is 23.4. The summed E-state index contributed by atoms with van der Waals surface area (Å²) < 4.78 is 62.8. The molecule has 0 heterocycles. The van der Waals surface area contributed by atoms with Crippen LogP contribution in [0, 0.1) is 11.6 Å². The lowest BCUT2D eigenvalue weighted by atomic mass is 10.1. The molecule has 30 heavy (non-hydrogen) atoms. The first-order chi connectivity index (χ1) is 14.0. The van der Waals surface area contributed by atoms with Gasteiger partial charge >= 0.3 is 0 Å². The molecule has 1 N–H and O–H groups in total. The molecule has 2 rings (SSSR count). The molecule has 2 aromatic rings. The Bertz CT molecular complexity index is 1030. The largest absolute Gasteiger partial charge is 0.497 e. The summed E-state index contributed by atoms with van der Waals surface area (Å²) in [5.41, 5.74) is 0.460. The number of carbonyl (C=O) groups is 1. The molecule has 0 bridgehead atoms. The van der Waals surface area contributed by atoms with E-state index in [2.05, 4.69) is 5.32 Å². The topological polar surface area (TPSA) is 84.9 Å². The molecule has 0 saturated carbocycles. The van der Waals surface area contributed by atoms with E-state index in [0.29, 0.717) is 17.1 Å². The molecular formula is C20H24F2N2O5S. The number of nitrogens with one attached hydrogen (secondary N) is 1. The number of amides is 1. The molecule has 7 nitrogen and oxygen atoms in total. The maximum Gasteiger partial charge on any atom is 0.244 e. The zero-order valence-corrected chi connectivity index (χ0v) is 18.1. The van der Waals surface area contributed by atoms with Gasteiger partial charge in [0.1, 0.15) is 17.5 Å². The number of halogens is 2. The van der Waals surface area contributed by atoms with Crippen LogP contribution in [0.1, 0.15) is 25.5 Å². The van der Waals surface area contributed by atoms with E-state index in [0.717, 1.165) is 28.8 Å². The van der Waals surface area contributed by atoms with Gasteiger partial charge in [0.25, 0.3) is 0 Å². The van der Waals surface area contributed by atoms with Gasteiger partial charge in [-0.2, -0.15) is 0 Å². The van der Waals surface area contributed by atoms with Crippen molar-refractivity contribution in [2.75, 3.05) is 24.8 Å². The molecule has 2 atom stereocenters. The standard InChI is InChI=1S/C20H24F2N2O5S/c1-12(16-11-15(28-3)7-9-19(16)29-4)23-20(25)13(2)24(30(5,26)27)14-6-8-17(21)18(22)10-14/h6-13H,1-5H3,(H,23,25)/t12-,13-/m0/s1. The molecule has 1 amide bonds. The van der Waals surface area contributed by atoms with Gasteiger partial charge in [0.05, 0.1) is 32.2 Å². The van der Waals surface area contributed by atoms with Crippen molar-refractivity contribution in [3.05, 3.63) is 53.6 Å². The van der Waals surface area contributed by atoms with E-state index in [1.165, 1.54) is 21.1 Å². The van der Waals surface area contributed by atoms with Crippen molar-refractivity contribution in [2.45, 2.75) is 25.9 Å². The maximum absolute atomic E-state index is 13.7. The molecule has 0 fully saturated rings. The zero-order chi connectivity index (χ0) is 22.6. The third kappa shape index (κ3) is 5.18. The van der Waals surface area contributed by atoms with E-state index in [1.807, 2.05) is 0 Å². The van der Waals surface area contributed by atoms with Gasteiger partial charge < -0.3 is 14.8 Å². The number of hydrogen-bond donors (Lipinski definition) is 1.